The molecule has 1 aliphatic rings. The van der Waals surface area contributed by atoms with Crippen molar-refractivity contribution >= 4 is 29.0 Å². The molecule has 27 heavy (non-hydrogen) atoms. The van der Waals surface area contributed by atoms with Crippen LogP contribution in [-0.2, 0) is 4.79 Å². The fraction of sp³-hybridized carbons (Fsp3) is 0.316. The van der Waals surface area contributed by atoms with Crippen molar-refractivity contribution in [1.29, 1.82) is 0 Å². The number of nitrogens with zero attached hydrogens (tertiary/aromatic N) is 3. The molecule has 1 fully saturated rings. The Labute approximate surface area is 162 Å². The standard InChI is InChI=1S/C19H21N3O4S/c1-26-17-6-8-18(9-7-17)27-14-19(23)21-12-10-20(11-13-21)15-2-4-16(5-3-15)22(24)25/h2-9H,10-14H2,1H3. The number of anilines is 1. The van der Waals surface area contributed by atoms with E-state index in [1.165, 1.54) is 23.9 Å². The molecule has 0 radical (unpaired) electrons. The van der Waals surface area contributed by atoms with Gasteiger partial charge in [-0.2, -0.15) is 0 Å². The highest BCUT2D eigenvalue weighted by molar-refractivity contribution is 8.00. The number of amides is 1. The number of benzene rings is 2. The summed E-state index contributed by atoms with van der Waals surface area (Å²) in [4.78, 5) is 27.8. The van der Waals surface area contributed by atoms with Gasteiger partial charge in [-0.05, 0) is 36.4 Å². The SMILES string of the molecule is COc1ccc(SCC(=O)N2CCN(c3ccc([N+](=O)[O-])cc3)CC2)cc1. The molecule has 1 aliphatic heterocycles. The lowest BCUT2D eigenvalue weighted by molar-refractivity contribution is -0.384. The first-order valence-corrected chi connectivity index (χ1v) is 9.59. The van der Waals surface area contributed by atoms with E-state index in [4.69, 9.17) is 4.74 Å². The van der Waals surface area contributed by atoms with E-state index in [-0.39, 0.29) is 11.6 Å². The maximum atomic E-state index is 12.4. The Hall–Kier alpha value is -2.74. The summed E-state index contributed by atoms with van der Waals surface area (Å²) in [5.41, 5.74) is 1.03. The number of thioether (sulfide) groups is 1. The minimum absolute atomic E-state index is 0.0862. The number of nitro groups is 1. The second-order valence-electron chi connectivity index (χ2n) is 6.11. The first-order valence-electron chi connectivity index (χ1n) is 8.61. The van der Waals surface area contributed by atoms with Gasteiger partial charge in [-0.15, -0.1) is 11.8 Å². The van der Waals surface area contributed by atoms with Gasteiger partial charge < -0.3 is 14.5 Å². The zero-order valence-electron chi connectivity index (χ0n) is 15.0. The molecule has 0 bridgehead atoms. The zero-order valence-corrected chi connectivity index (χ0v) is 15.9. The van der Waals surface area contributed by atoms with Crippen molar-refractivity contribution in [2.24, 2.45) is 0 Å². The summed E-state index contributed by atoms with van der Waals surface area (Å²) >= 11 is 1.52. The molecular weight excluding hydrogens is 366 g/mol. The maximum Gasteiger partial charge on any atom is 0.269 e. The summed E-state index contributed by atoms with van der Waals surface area (Å²) in [6, 6.07) is 14.2. The van der Waals surface area contributed by atoms with Crippen LogP contribution in [0.5, 0.6) is 5.75 Å². The molecule has 0 saturated carbocycles. The minimum Gasteiger partial charge on any atom is -0.497 e. The number of methoxy groups -OCH3 is 1. The fourth-order valence-electron chi connectivity index (χ4n) is 2.91. The number of ether oxygens (including phenoxy) is 1. The highest BCUT2D eigenvalue weighted by atomic mass is 32.2. The lowest BCUT2D eigenvalue weighted by Crippen LogP contribution is -2.49. The Morgan fingerprint density at radius 2 is 1.70 bits per heavy atom. The zero-order chi connectivity index (χ0) is 19.2. The molecule has 0 N–H and O–H groups in total. The van der Waals surface area contributed by atoms with E-state index in [2.05, 4.69) is 4.90 Å². The number of nitro benzene ring substituents is 1. The molecule has 8 heteroatoms. The van der Waals surface area contributed by atoms with Gasteiger partial charge in [0.2, 0.25) is 5.91 Å². The van der Waals surface area contributed by atoms with Crippen LogP contribution in [0, 0.1) is 10.1 Å². The van der Waals surface area contributed by atoms with Gasteiger partial charge in [0.15, 0.2) is 0 Å². The molecule has 7 nitrogen and oxygen atoms in total. The Kier molecular flexibility index (Phi) is 6.18. The predicted molar refractivity (Wildman–Crippen MR) is 106 cm³/mol. The number of carbonyl (C=O) groups is 1. The molecule has 2 aromatic carbocycles. The molecule has 0 atom stereocenters. The Morgan fingerprint density at radius 3 is 2.26 bits per heavy atom. The third kappa shape index (κ3) is 4.91. The third-order valence-electron chi connectivity index (χ3n) is 4.48. The van der Waals surface area contributed by atoms with Gasteiger partial charge in [0.1, 0.15) is 5.75 Å². The normalized spacial score (nSPS) is 14.1. The van der Waals surface area contributed by atoms with Crippen molar-refractivity contribution in [3.8, 4) is 5.75 Å². The first-order chi connectivity index (χ1) is 13.1. The summed E-state index contributed by atoms with van der Waals surface area (Å²) < 4.78 is 5.13. The Bertz CT molecular complexity index is 788. The molecule has 3 rings (SSSR count). The number of carbonyl (C=O) groups excluding carboxylic acids is 1. The van der Waals surface area contributed by atoms with Gasteiger partial charge in [0, 0.05) is 48.9 Å². The number of non-ortho nitro benzene ring substituents is 1. The highest BCUT2D eigenvalue weighted by Gasteiger charge is 2.21. The summed E-state index contributed by atoms with van der Waals surface area (Å²) in [6.45, 7) is 2.74. The summed E-state index contributed by atoms with van der Waals surface area (Å²) in [7, 11) is 1.63. The van der Waals surface area contributed by atoms with Gasteiger partial charge in [-0.1, -0.05) is 0 Å². The van der Waals surface area contributed by atoms with Crippen LogP contribution >= 0.6 is 11.8 Å². The van der Waals surface area contributed by atoms with E-state index < -0.39 is 4.92 Å². The molecule has 0 unspecified atom stereocenters. The second kappa shape index (κ2) is 8.77. The lowest BCUT2D eigenvalue weighted by Gasteiger charge is -2.36. The molecule has 2 aromatic rings. The van der Waals surface area contributed by atoms with Gasteiger partial charge >= 0.3 is 0 Å². The van der Waals surface area contributed by atoms with Crippen molar-refractivity contribution in [3.05, 3.63) is 58.6 Å². The Morgan fingerprint density at radius 1 is 1.07 bits per heavy atom. The molecule has 142 valence electrons. The van der Waals surface area contributed by atoms with Gasteiger partial charge in [-0.3, -0.25) is 14.9 Å². The molecule has 1 saturated heterocycles. The number of hydrogen-bond acceptors (Lipinski definition) is 6. The molecule has 1 amide bonds. The molecule has 0 aromatic heterocycles. The van der Waals surface area contributed by atoms with E-state index in [1.807, 2.05) is 29.2 Å². The van der Waals surface area contributed by atoms with E-state index in [1.54, 1.807) is 19.2 Å². The summed E-state index contributed by atoms with van der Waals surface area (Å²) in [5, 5.41) is 10.7. The molecular formula is C19H21N3O4S. The molecule has 0 aliphatic carbocycles. The lowest BCUT2D eigenvalue weighted by atomic mass is 10.2. The van der Waals surface area contributed by atoms with Gasteiger partial charge in [0.05, 0.1) is 17.8 Å². The second-order valence-corrected chi connectivity index (χ2v) is 7.15. The number of piperazine rings is 1. The van der Waals surface area contributed by atoms with E-state index in [9.17, 15) is 14.9 Å². The average molecular weight is 387 g/mol. The van der Waals surface area contributed by atoms with Crippen molar-refractivity contribution in [2.75, 3.05) is 43.9 Å². The van der Waals surface area contributed by atoms with Crippen LogP contribution < -0.4 is 9.64 Å². The van der Waals surface area contributed by atoms with Crippen LogP contribution in [0.25, 0.3) is 0 Å². The van der Waals surface area contributed by atoms with Crippen LogP contribution in [0.3, 0.4) is 0 Å². The van der Waals surface area contributed by atoms with Crippen LogP contribution in [0.1, 0.15) is 0 Å². The first kappa shape index (κ1) is 19.0. The number of hydrogen-bond donors (Lipinski definition) is 0. The van der Waals surface area contributed by atoms with Gasteiger partial charge in [-0.25, -0.2) is 0 Å². The highest BCUT2D eigenvalue weighted by Crippen LogP contribution is 2.23. The van der Waals surface area contributed by atoms with Crippen molar-refractivity contribution in [3.63, 3.8) is 0 Å². The summed E-state index contributed by atoms with van der Waals surface area (Å²) in [6.07, 6.45) is 0. The van der Waals surface area contributed by atoms with Crippen molar-refractivity contribution < 1.29 is 14.5 Å². The topological polar surface area (TPSA) is 75.9 Å². The fourth-order valence-corrected chi connectivity index (χ4v) is 3.71. The predicted octanol–water partition coefficient (Wildman–Crippen LogP) is 3.04. The smallest absolute Gasteiger partial charge is 0.269 e. The van der Waals surface area contributed by atoms with E-state index in [0.29, 0.717) is 18.8 Å². The van der Waals surface area contributed by atoms with Crippen molar-refractivity contribution in [1.82, 2.24) is 4.90 Å². The molecule has 1 heterocycles. The quantitative estimate of drug-likeness (QED) is 0.431. The van der Waals surface area contributed by atoms with E-state index >= 15 is 0 Å². The monoisotopic (exact) mass is 387 g/mol. The minimum atomic E-state index is -0.402. The largest absolute Gasteiger partial charge is 0.497 e. The van der Waals surface area contributed by atoms with Crippen molar-refractivity contribution in [2.45, 2.75) is 4.90 Å². The third-order valence-corrected chi connectivity index (χ3v) is 5.48. The maximum absolute atomic E-state index is 12.4. The molecule has 0 spiro atoms. The van der Waals surface area contributed by atoms with Crippen LogP contribution in [-0.4, -0.2) is 54.8 Å². The van der Waals surface area contributed by atoms with Crippen LogP contribution in [0.4, 0.5) is 11.4 Å². The number of rotatable bonds is 6. The Balaban J connectivity index is 1.47. The van der Waals surface area contributed by atoms with E-state index in [0.717, 1.165) is 29.4 Å². The average Bonchev–Trinajstić information content (AvgIpc) is 2.72. The van der Waals surface area contributed by atoms with Crippen LogP contribution in [0.15, 0.2) is 53.4 Å². The van der Waals surface area contributed by atoms with Gasteiger partial charge in [0.25, 0.3) is 5.69 Å². The summed E-state index contributed by atoms with van der Waals surface area (Å²) in [5.74, 6) is 1.33. The van der Waals surface area contributed by atoms with Crippen LogP contribution in [0.2, 0.25) is 0 Å².